The van der Waals surface area contributed by atoms with Gasteiger partial charge in [0, 0.05) is 82.0 Å². The number of anilines is 2. The molecule has 5 amide bonds. The van der Waals surface area contributed by atoms with Crippen LogP contribution in [0.1, 0.15) is 93.0 Å². The number of aromatic amines is 1. The van der Waals surface area contributed by atoms with Crippen molar-refractivity contribution in [2.45, 2.75) is 110 Å². The zero-order valence-electron chi connectivity index (χ0n) is 50.4. The second-order valence-corrected chi connectivity index (χ2v) is 23.9. The monoisotopic (exact) mass is 1240 g/mol. The topological polar surface area (TPSA) is 247 Å². The fourth-order valence-corrected chi connectivity index (χ4v) is 11.3. The maximum Gasteiger partial charge on any atom is 0.417 e. The summed E-state index contributed by atoms with van der Waals surface area (Å²) in [6.07, 6.45) is -3.02. The van der Waals surface area contributed by atoms with Gasteiger partial charge in [0.2, 0.25) is 29.2 Å². The van der Waals surface area contributed by atoms with Gasteiger partial charge < -0.3 is 64.4 Å². The zero-order valence-corrected chi connectivity index (χ0v) is 51.2. The summed E-state index contributed by atoms with van der Waals surface area (Å²) in [5, 5.41) is 18.9. The number of hydrogen-bond acceptors (Lipinski definition) is 16. The number of halogens is 4. The molecule has 4 aromatic rings. The number of benzene rings is 2. The molecule has 3 aliphatic rings. The third-order valence-corrected chi connectivity index (χ3v) is 16.5. The van der Waals surface area contributed by atoms with Crippen molar-refractivity contribution in [2.24, 2.45) is 5.41 Å². The van der Waals surface area contributed by atoms with Crippen LogP contribution in [-0.4, -0.2) is 195 Å². The van der Waals surface area contributed by atoms with E-state index in [9.17, 15) is 47.0 Å². The molecule has 0 unspecified atom stereocenters. The summed E-state index contributed by atoms with van der Waals surface area (Å²) in [6.45, 7) is 15.4. The van der Waals surface area contributed by atoms with E-state index < -0.39 is 70.0 Å². The maximum absolute atomic E-state index is 16.1. The summed E-state index contributed by atoms with van der Waals surface area (Å²) in [7, 11) is 1.97. The van der Waals surface area contributed by atoms with Gasteiger partial charge in [-0.1, -0.05) is 51.1 Å². The van der Waals surface area contributed by atoms with Crippen LogP contribution in [0.2, 0.25) is 0 Å². The van der Waals surface area contributed by atoms with E-state index in [-0.39, 0.29) is 127 Å². The molecular weight excluding hydrogens is 1160 g/mol. The summed E-state index contributed by atoms with van der Waals surface area (Å²) in [5.41, 5.74) is 1.82. The summed E-state index contributed by atoms with van der Waals surface area (Å²) in [5.74, 6) is -3.14. The van der Waals surface area contributed by atoms with E-state index in [4.69, 9.17) is 23.7 Å². The van der Waals surface area contributed by atoms with Crippen molar-refractivity contribution in [3.05, 3.63) is 104 Å². The molecule has 26 heteroatoms. The molecule has 3 aliphatic heterocycles. The smallest absolute Gasteiger partial charge is 0.391 e. The van der Waals surface area contributed by atoms with Crippen molar-refractivity contribution in [3.8, 4) is 10.4 Å². The van der Waals surface area contributed by atoms with E-state index in [2.05, 4.69) is 30.8 Å². The molecule has 7 rings (SSSR count). The predicted octanol–water partition coefficient (Wildman–Crippen LogP) is 6.03. The lowest BCUT2D eigenvalue weighted by Gasteiger charge is -2.44. The number of piperazine rings is 1. The molecule has 2 aromatic heterocycles. The Bertz CT molecular complexity index is 3070. The van der Waals surface area contributed by atoms with Gasteiger partial charge in [-0.15, -0.1) is 11.3 Å². The van der Waals surface area contributed by atoms with Crippen LogP contribution in [-0.2, 0) is 55.6 Å². The molecule has 5 heterocycles. The fourth-order valence-electron chi connectivity index (χ4n) is 10.5. The molecule has 5 N–H and O–H groups in total. The number of alkyl halides is 3. The van der Waals surface area contributed by atoms with Crippen LogP contribution in [0.15, 0.2) is 65.0 Å². The van der Waals surface area contributed by atoms with E-state index in [1.807, 2.05) is 77.8 Å². The first kappa shape index (κ1) is 67.9. The normalized spacial score (nSPS) is 18.8. The fraction of sp³-hybridized carbons (Fsp3) is 0.557. The van der Waals surface area contributed by atoms with Crippen molar-refractivity contribution in [1.82, 2.24) is 35.3 Å². The number of nitrogens with zero attached hydrogens (tertiary/aromatic N) is 5. The first-order valence-electron chi connectivity index (χ1n) is 29.2. The van der Waals surface area contributed by atoms with Crippen LogP contribution in [0.25, 0.3) is 16.0 Å². The largest absolute Gasteiger partial charge is 0.417 e. The molecule has 2 aromatic carbocycles. The van der Waals surface area contributed by atoms with Gasteiger partial charge in [-0.3, -0.25) is 33.7 Å². The number of carbonyl (C=O) groups excluding carboxylic acids is 5. The van der Waals surface area contributed by atoms with E-state index in [1.165, 1.54) is 17.0 Å². The number of rotatable bonds is 28. The lowest BCUT2D eigenvalue weighted by molar-refractivity contribution is -0.144. The van der Waals surface area contributed by atoms with E-state index >= 15 is 4.39 Å². The van der Waals surface area contributed by atoms with Crippen LogP contribution in [0.4, 0.5) is 28.9 Å². The molecule has 476 valence electrons. The van der Waals surface area contributed by atoms with Gasteiger partial charge in [-0.2, -0.15) is 13.2 Å². The van der Waals surface area contributed by atoms with Crippen molar-refractivity contribution in [3.63, 3.8) is 0 Å². The van der Waals surface area contributed by atoms with Crippen LogP contribution in [0.5, 0.6) is 0 Å². The standard InChI is InChI=1S/C61H81F4N9O12S/c1-38-34-73(35-39(2)71(38)7)50-31-48(62)45(29-49(50)69-57(79)46-33-66-53(77)30-47(46)61(63,64)65)42-12-16-72(17-13-42)54(78)15-19-83-21-23-85-25-27-86-26-24-84-22-20-82-18-14-52(76)70-56(60(4,5)6)59(81)74-36-44(75)28-51(74)58(80)67-32-41-8-10-43(11-9-41)55-40(3)68-37-87-55/h8-12,29-31,33,37-39,44,51,56,75H,13-28,32,34-36H2,1-7H3,(H,66,77)(H,67,80)(H,69,79)(H,70,76)/t38-,39+,44-,51+,56-/m1/s1. The summed E-state index contributed by atoms with van der Waals surface area (Å²) in [6, 6.07) is 9.03. The zero-order chi connectivity index (χ0) is 63.0. The number of amides is 5. The highest BCUT2D eigenvalue weighted by Crippen LogP contribution is 2.38. The first-order valence-corrected chi connectivity index (χ1v) is 30.1. The van der Waals surface area contributed by atoms with Crippen molar-refractivity contribution < 1.29 is 70.3 Å². The minimum absolute atomic E-state index is 0.0138. The van der Waals surface area contributed by atoms with Crippen molar-refractivity contribution in [1.29, 1.82) is 0 Å². The van der Waals surface area contributed by atoms with Crippen molar-refractivity contribution in [2.75, 3.05) is 116 Å². The first-order chi connectivity index (χ1) is 41.4. The minimum atomic E-state index is -4.99. The lowest BCUT2D eigenvalue weighted by atomic mass is 9.85. The number of aliphatic hydroxyl groups is 1. The Morgan fingerprint density at radius 2 is 1.46 bits per heavy atom. The second kappa shape index (κ2) is 31.5. The van der Waals surface area contributed by atoms with Gasteiger partial charge in [0.25, 0.3) is 5.91 Å². The van der Waals surface area contributed by atoms with Crippen LogP contribution in [0.3, 0.4) is 0 Å². The number of thiazole rings is 1. The molecule has 0 radical (unpaired) electrons. The highest BCUT2D eigenvalue weighted by atomic mass is 32.1. The summed E-state index contributed by atoms with van der Waals surface area (Å²) >= 11 is 1.56. The maximum atomic E-state index is 16.1. The number of nitrogens with one attached hydrogen (secondary N) is 4. The molecule has 5 atom stereocenters. The number of hydrogen-bond donors (Lipinski definition) is 5. The van der Waals surface area contributed by atoms with E-state index in [0.717, 1.165) is 21.7 Å². The Balaban J connectivity index is 0.731. The lowest BCUT2D eigenvalue weighted by Crippen LogP contribution is -2.57. The quantitative estimate of drug-likeness (QED) is 0.0322. The molecule has 0 bridgehead atoms. The Morgan fingerprint density at radius 1 is 0.851 bits per heavy atom. The van der Waals surface area contributed by atoms with E-state index in [0.29, 0.717) is 63.0 Å². The molecule has 87 heavy (non-hydrogen) atoms. The van der Waals surface area contributed by atoms with Gasteiger partial charge in [-0.25, -0.2) is 9.37 Å². The van der Waals surface area contributed by atoms with Gasteiger partial charge in [-0.05, 0) is 68.5 Å². The third-order valence-electron chi connectivity index (χ3n) is 15.5. The highest BCUT2D eigenvalue weighted by Gasteiger charge is 2.45. The number of H-pyrrole nitrogens is 1. The Hall–Kier alpha value is -6.65. The molecular formula is C61H81F4N9O12S. The Labute approximate surface area is 508 Å². The number of β-amino-alcohol motifs (C(OH)–C–C–N with tert-alkyl or cyclic N) is 1. The Morgan fingerprint density at radius 3 is 2.02 bits per heavy atom. The number of likely N-dealkylation sites (tertiary alicyclic amines) is 1. The molecule has 0 spiro atoms. The van der Waals surface area contributed by atoms with Crippen molar-refractivity contribution >= 4 is 57.8 Å². The molecule has 0 saturated carbocycles. The number of ether oxygens (including phenoxy) is 5. The molecule has 2 fully saturated rings. The summed E-state index contributed by atoms with van der Waals surface area (Å²) < 4.78 is 85.9. The van der Waals surface area contributed by atoms with Gasteiger partial charge >= 0.3 is 6.18 Å². The minimum Gasteiger partial charge on any atom is -0.391 e. The van der Waals surface area contributed by atoms with Gasteiger partial charge in [0.05, 0.1) is 117 Å². The number of likely N-dealkylation sites (N-methyl/N-ethyl adjacent to an activating group) is 1. The number of aromatic nitrogens is 2. The average Bonchev–Trinajstić information content (AvgIpc) is 2.51. The second-order valence-electron chi connectivity index (χ2n) is 23.0. The summed E-state index contributed by atoms with van der Waals surface area (Å²) in [4.78, 5) is 93.4. The Kier molecular flexibility index (Phi) is 24.6. The number of aryl methyl sites for hydroxylation is 1. The van der Waals surface area contributed by atoms with Gasteiger partial charge in [0.1, 0.15) is 17.9 Å². The molecule has 2 saturated heterocycles. The van der Waals surface area contributed by atoms with Crippen LogP contribution < -0.4 is 26.4 Å². The average molecular weight is 1240 g/mol. The van der Waals surface area contributed by atoms with Gasteiger partial charge in [0.15, 0.2) is 0 Å². The highest BCUT2D eigenvalue weighted by molar-refractivity contribution is 7.13. The number of carbonyl (C=O) groups is 5. The van der Waals surface area contributed by atoms with Crippen LogP contribution >= 0.6 is 11.3 Å². The SMILES string of the molecule is Cc1ncsc1-c1ccc(CNC(=O)[C@@H]2C[C@@H](O)CN2C(=O)[C@@H](NC(=O)CCOCCOCCOCCOCCOCCC(=O)N2CC=C(c3cc(NC(=O)c4c[nH]c(=O)cc4C(F)(F)F)c(N4C[C@@H](C)N(C)[C@@H](C)C4)cc3F)CC2)C(C)(C)C)cc1. The third kappa shape index (κ3) is 19.2. The molecule has 21 nitrogen and oxygen atoms in total. The van der Waals surface area contributed by atoms with E-state index in [1.54, 1.807) is 27.8 Å². The predicted molar refractivity (Wildman–Crippen MR) is 319 cm³/mol. The van der Waals surface area contributed by atoms with Crippen LogP contribution in [0, 0.1) is 18.2 Å². The number of aliphatic hydroxyl groups excluding tert-OH is 1. The molecule has 0 aliphatic carbocycles. The number of pyridine rings is 1.